The van der Waals surface area contributed by atoms with Crippen molar-refractivity contribution in [3.05, 3.63) is 34.3 Å². The van der Waals surface area contributed by atoms with E-state index in [9.17, 15) is 0 Å². The van der Waals surface area contributed by atoms with Gasteiger partial charge in [0.15, 0.2) is 0 Å². The van der Waals surface area contributed by atoms with Crippen LogP contribution in [0.2, 0.25) is 0 Å². The number of hydrogen-bond donors (Lipinski definition) is 0. The first kappa shape index (κ1) is 11.1. The van der Waals surface area contributed by atoms with E-state index < -0.39 is 0 Å². The topological polar surface area (TPSA) is 9.23 Å². The molecule has 0 aromatic heterocycles. The third-order valence-electron chi connectivity index (χ3n) is 3.55. The number of fused-ring (bicyclic) bond motifs is 1. The van der Waals surface area contributed by atoms with Crippen molar-refractivity contribution < 1.29 is 4.74 Å². The van der Waals surface area contributed by atoms with Gasteiger partial charge in [0.25, 0.3) is 0 Å². The summed E-state index contributed by atoms with van der Waals surface area (Å²) in [6, 6.07) is 8.80. The van der Waals surface area contributed by atoms with Crippen molar-refractivity contribution in [3.8, 4) is 0 Å². The SMILES string of the molecule is Brc1ccc(C2SCC[C@H]3OCC[C@H]23)cc1. The van der Waals surface area contributed by atoms with E-state index in [1.165, 1.54) is 24.2 Å². The van der Waals surface area contributed by atoms with Gasteiger partial charge in [-0.2, -0.15) is 11.8 Å². The molecule has 0 bridgehead atoms. The van der Waals surface area contributed by atoms with E-state index in [1.807, 2.05) is 0 Å². The summed E-state index contributed by atoms with van der Waals surface area (Å²) < 4.78 is 6.97. The van der Waals surface area contributed by atoms with E-state index in [0.29, 0.717) is 11.4 Å². The zero-order valence-electron chi connectivity index (χ0n) is 9.06. The maximum atomic E-state index is 5.81. The molecule has 2 aliphatic heterocycles. The van der Waals surface area contributed by atoms with Gasteiger partial charge in [-0.3, -0.25) is 0 Å². The maximum Gasteiger partial charge on any atom is 0.0625 e. The van der Waals surface area contributed by atoms with Gasteiger partial charge in [-0.05, 0) is 36.3 Å². The predicted octanol–water partition coefficient (Wildman–Crippen LogP) is 4.03. The highest BCUT2D eigenvalue weighted by Gasteiger charge is 2.38. The van der Waals surface area contributed by atoms with Crippen molar-refractivity contribution >= 4 is 27.7 Å². The minimum atomic E-state index is 0.523. The molecular weight excluding hydrogens is 284 g/mol. The summed E-state index contributed by atoms with van der Waals surface area (Å²) in [6.45, 7) is 0.961. The molecule has 1 aromatic carbocycles. The Morgan fingerprint density at radius 3 is 2.81 bits per heavy atom. The molecule has 86 valence electrons. The molecule has 2 heterocycles. The van der Waals surface area contributed by atoms with Gasteiger partial charge in [0.1, 0.15) is 0 Å². The molecule has 1 unspecified atom stereocenters. The molecule has 2 saturated heterocycles. The van der Waals surface area contributed by atoms with Crippen molar-refractivity contribution in [1.29, 1.82) is 0 Å². The van der Waals surface area contributed by atoms with Crippen LogP contribution in [0.25, 0.3) is 0 Å². The fraction of sp³-hybridized carbons (Fsp3) is 0.538. The highest BCUT2D eigenvalue weighted by Crippen LogP contribution is 2.47. The Labute approximate surface area is 109 Å². The first-order valence-corrected chi connectivity index (χ1v) is 7.67. The molecule has 0 amide bonds. The fourth-order valence-electron chi connectivity index (χ4n) is 2.74. The smallest absolute Gasteiger partial charge is 0.0625 e. The lowest BCUT2D eigenvalue weighted by molar-refractivity contribution is 0.0850. The van der Waals surface area contributed by atoms with E-state index >= 15 is 0 Å². The number of thioether (sulfide) groups is 1. The molecule has 2 aliphatic rings. The van der Waals surface area contributed by atoms with Gasteiger partial charge in [-0.1, -0.05) is 28.1 Å². The minimum Gasteiger partial charge on any atom is -0.378 e. The molecule has 0 N–H and O–H groups in total. The van der Waals surface area contributed by atoms with Crippen LogP contribution < -0.4 is 0 Å². The molecule has 0 spiro atoms. The largest absolute Gasteiger partial charge is 0.378 e. The van der Waals surface area contributed by atoms with Gasteiger partial charge >= 0.3 is 0 Å². The second kappa shape index (κ2) is 4.71. The summed E-state index contributed by atoms with van der Waals surface area (Å²) >= 11 is 5.60. The molecule has 1 aromatic rings. The minimum absolute atomic E-state index is 0.523. The summed E-state index contributed by atoms with van der Waals surface area (Å²) in [6.07, 6.45) is 3.00. The average molecular weight is 299 g/mol. The standard InChI is InChI=1S/C13H15BrOS/c14-10-3-1-9(2-4-10)13-11-5-7-15-12(11)6-8-16-13/h1-4,11-13H,5-8H2/t11-,12+,13?/m0/s1. The lowest BCUT2D eigenvalue weighted by Gasteiger charge is -2.32. The van der Waals surface area contributed by atoms with Crippen molar-refractivity contribution in [2.24, 2.45) is 5.92 Å². The molecule has 1 nitrogen and oxygen atoms in total. The molecule has 3 heteroatoms. The summed E-state index contributed by atoms with van der Waals surface area (Å²) in [5, 5.41) is 0.648. The predicted molar refractivity (Wildman–Crippen MR) is 71.8 cm³/mol. The van der Waals surface area contributed by atoms with Crippen molar-refractivity contribution in [3.63, 3.8) is 0 Å². The van der Waals surface area contributed by atoms with Crippen LogP contribution >= 0.6 is 27.7 Å². The van der Waals surface area contributed by atoms with Crippen LogP contribution in [0.5, 0.6) is 0 Å². The second-order valence-electron chi connectivity index (χ2n) is 4.49. The lowest BCUT2D eigenvalue weighted by Crippen LogP contribution is -2.26. The van der Waals surface area contributed by atoms with Crippen molar-refractivity contribution in [1.82, 2.24) is 0 Å². The zero-order valence-corrected chi connectivity index (χ0v) is 11.5. The summed E-state index contributed by atoms with van der Waals surface area (Å²) in [7, 11) is 0. The highest BCUT2D eigenvalue weighted by molar-refractivity contribution is 9.10. The average Bonchev–Trinajstić information content (AvgIpc) is 2.78. The van der Waals surface area contributed by atoms with Crippen LogP contribution in [-0.2, 0) is 4.74 Å². The zero-order chi connectivity index (χ0) is 11.0. The molecule has 0 saturated carbocycles. The maximum absolute atomic E-state index is 5.81. The number of hydrogen-bond acceptors (Lipinski definition) is 2. The van der Waals surface area contributed by atoms with Gasteiger partial charge in [-0.15, -0.1) is 0 Å². The van der Waals surface area contributed by atoms with Crippen LogP contribution in [0.15, 0.2) is 28.7 Å². The lowest BCUT2D eigenvalue weighted by atomic mass is 9.91. The molecule has 3 rings (SSSR count). The summed E-state index contributed by atoms with van der Waals surface area (Å²) in [5.41, 5.74) is 1.47. The van der Waals surface area contributed by atoms with Gasteiger partial charge < -0.3 is 4.74 Å². The number of halogens is 1. The number of ether oxygens (including phenoxy) is 1. The van der Waals surface area contributed by atoms with Crippen LogP contribution in [-0.4, -0.2) is 18.5 Å². The van der Waals surface area contributed by atoms with Crippen molar-refractivity contribution in [2.75, 3.05) is 12.4 Å². The number of rotatable bonds is 1. The monoisotopic (exact) mass is 298 g/mol. The van der Waals surface area contributed by atoms with E-state index in [1.54, 1.807) is 0 Å². The highest BCUT2D eigenvalue weighted by atomic mass is 79.9. The Bertz CT molecular complexity index is 365. The van der Waals surface area contributed by atoms with Crippen LogP contribution in [0.1, 0.15) is 23.7 Å². The molecule has 16 heavy (non-hydrogen) atoms. The van der Waals surface area contributed by atoms with E-state index in [4.69, 9.17) is 4.74 Å². The third-order valence-corrected chi connectivity index (χ3v) is 5.53. The van der Waals surface area contributed by atoms with Gasteiger partial charge in [0.05, 0.1) is 6.10 Å². The van der Waals surface area contributed by atoms with Gasteiger partial charge in [0.2, 0.25) is 0 Å². The van der Waals surface area contributed by atoms with Crippen LogP contribution in [0.4, 0.5) is 0 Å². The summed E-state index contributed by atoms with van der Waals surface area (Å²) in [4.78, 5) is 0. The first-order valence-electron chi connectivity index (χ1n) is 5.83. The Morgan fingerprint density at radius 2 is 2.00 bits per heavy atom. The molecule has 0 radical (unpaired) electrons. The van der Waals surface area contributed by atoms with Gasteiger partial charge in [-0.25, -0.2) is 0 Å². The van der Waals surface area contributed by atoms with E-state index in [2.05, 4.69) is 52.0 Å². The Kier molecular flexibility index (Phi) is 3.27. The first-order chi connectivity index (χ1) is 7.84. The Balaban J connectivity index is 1.85. The van der Waals surface area contributed by atoms with E-state index in [0.717, 1.165) is 17.0 Å². The van der Waals surface area contributed by atoms with Crippen LogP contribution in [0.3, 0.4) is 0 Å². The third kappa shape index (κ3) is 2.05. The number of benzene rings is 1. The second-order valence-corrected chi connectivity index (χ2v) is 6.66. The quantitative estimate of drug-likeness (QED) is 0.774. The van der Waals surface area contributed by atoms with Gasteiger partial charge in [0, 0.05) is 22.2 Å². The van der Waals surface area contributed by atoms with Crippen LogP contribution in [0, 0.1) is 5.92 Å². The fourth-order valence-corrected chi connectivity index (χ4v) is 4.53. The molecule has 3 atom stereocenters. The molecule has 2 fully saturated rings. The summed E-state index contributed by atoms with van der Waals surface area (Å²) in [5.74, 6) is 1.97. The van der Waals surface area contributed by atoms with E-state index in [-0.39, 0.29) is 0 Å². The normalized spacial score (nSPS) is 33.7. The van der Waals surface area contributed by atoms with Crippen molar-refractivity contribution in [2.45, 2.75) is 24.2 Å². The Hall–Kier alpha value is 0.01000. The molecule has 0 aliphatic carbocycles. The molecular formula is C13H15BrOS. The Morgan fingerprint density at radius 1 is 1.19 bits per heavy atom.